The molecule has 1 aliphatic rings. The van der Waals surface area contributed by atoms with Gasteiger partial charge in [0, 0.05) is 18.6 Å². The summed E-state index contributed by atoms with van der Waals surface area (Å²) in [6.45, 7) is 6.10. The summed E-state index contributed by atoms with van der Waals surface area (Å²) in [6.07, 6.45) is 9.02. The highest BCUT2D eigenvalue weighted by Crippen LogP contribution is 2.28. The second-order valence-electron chi connectivity index (χ2n) is 4.32. The molecule has 1 unspecified atom stereocenters. The minimum Gasteiger partial charge on any atom is -0.381 e. The van der Waals surface area contributed by atoms with Crippen LogP contribution in [0.4, 0.5) is 0 Å². The molecule has 1 aliphatic heterocycles. The first-order valence-electron chi connectivity index (χ1n) is 4.69. The molecule has 0 aromatic carbocycles. The third-order valence-electron chi connectivity index (χ3n) is 2.44. The van der Waals surface area contributed by atoms with Crippen molar-refractivity contribution in [3.8, 4) is 12.3 Å². The first-order valence-corrected chi connectivity index (χ1v) is 4.69. The summed E-state index contributed by atoms with van der Waals surface area (Å²) in [5.74, 6) is 3.52. The SMILES string of the molecule is C#CC(C)(C)CC1CCCOC1. The Morgan fingerprint density at radius 3 is 2.83 bits per heavy atom. The van der Waals surface area contributed by atoms with Gasteiger partial charge in [0.15, 0.2) is 0 Å². The van der Waals surface area contributed by atoms with Crippen LogP contribution in [0.25, 0.3) is 0 Å². The van der Waals surface area contributed by atoms with Crippen LogP contribution in [0.1, 0.15) is 33.1 Å². The zero-order valence-corrected chi connectivity index (χ0v) is 8.10. The molecule has 1 nitrogen and oxygen atoms in total. The Kier molecular flexibility index (Phi) is 3.17. The molecule has 0 saturated carbocycles. The van der Waals surface area contributed by atoms with E-state index in [1.807, 2.05) is 0 Å². The van der Waals surface area contributed by atoms with E-state index in [9.17, 15) is 0 Å². The Morgan fingerprint density at radius 1 is 1.58 bits per heavy atom. The molecule has 0 aromatic rings. The van der Waals surface area contributed by atoms with Crippen LogP contribution in [0.2, 0.25) is 0 Å². The van der Waals surface area contributed by atoms with Crippen LogP contribution in [0.5, 0.6) is 0 Å². The largest absolute Gasteiger partial charge is 0.381 e. The van der Waals surface area contributed by atoms with Crippen LogP contribution in [0.3, 0.4) is 0 Å². The molecular formula is C11H18O. The van der Waals surface area contributed by atoms with Crippen molar-refractivity contribution in [2.75, 3.05) is 13.2 Å². The lowest BCUT2D eigenvalue weighted by Gasteiger charge is -2.28. The lowest BCUT2D eigenvalue weighted by atomic mass is 9.81. The average molecular weight is 166 g/mol. The van der Waals surface area contributed by atoms with E-state index in [2.05, 4.69) is 19.8 Å². The van der Waals surface area contributed by atoms with Gasteiger partial charge in [0.05, 0.1) is 0 Å². The fraction of sp³-hybridized carbons (Fsp3) is 0.818. The molecule has 12 heavy (non-hydrogen) atoms. The second kappa shape index (κ2) is 3.96. The molecule has 1 rings (SSSR count). The second-order valence-corrected chi connectivity index (χ2v) is 4.32. The van der Waals surface area contributed by atoms with E-state index in [1.165, 1.54) is 12.8 Å². The van der Waals surface area contributed by atoms with Crippen molar-refractivity contribution in [2.45, 2.75) is 33.1 Å². The van der Waals surface area contributed by atoms with E-state index in [4.69, 9.17) is 11.2 Å². The first-order chi connectivity index (χ1) is 5.64. The first kappa shape index (κ1) is 9.61. The molecule has 0 aromatic heterocycles. The van der Waals surface area contributed by atoms with Crippen LogP contribution in [0, 0.1) is 23.7 Å². The summed E-state index contributed by atoms with van der Waals surface area (Å²) in [5.41, 5.74) is 0.0470. The van der Waals surface area contributed by atoms with Crippen LogP contribution in [-0.2, 0) is 4.74 Å². The lowest BCUT2D eigenvalue weighted by molar-refractivity contribution is 0.0424. The van der Waals surface area contributed by atoms with E-state index in [0.717, 1.165) is 19.6 Å². The number of hydrogen-bond donors (Lipinski definition) is 0. The summed E-state index contributed by atoms with van der Waals surface area (Å²) in [5, 5.41) is 0. The highest BCUT2D eigenvalue weighted by molar-refractivity contribution is 5.01. The number of terminal acetylenes is 1. The number of rotatable bonds is 2. The topological polar surface area (TPSA) is 9.23 Å². The normalized spacial score (nSPS) is 24.9. The van der Waals surface area contributed by atoms with E-state index in [-0.39, 0.29) is 5.41 Å². The Bertz CT molecular complexity index is 170. The van der Waals surface area contributed by atoms with Gasteiger partial charge in [-0.2, -0.15) is 0 Å². The third-order valence-corrected chi connectivity index (χ3v) is 2.44. The fourth-order valence-corrected chi connectivity index (χ4v) is 1.75. The van der Waals surface area contributed by atoms with Crippen LogP contribution in [0.15, 0.2) is 0 Å². The molecule has 1 heterocycles. The maximum Gasteiger partial charge on any atom is 0.0494 e. The van der Waals surface area contributed by atoms with Crippen molar-refractivity contribution in [3.05, 3.63) is 0 Å². The van der Waals surface area contributed by atoms with E-state index in [0.29, 0.717) is 5.92 Å². The van der Waals surface area contributed by atoms with E-state index >= 15 is 0 Å². The average Bonchev–Trinajstić information content (AvgIpc) is 2.06. The van der Waals surface area contributed by atoms with Gasteiger partial charge in [-0.15, -0.1) is 12.3 Å². The quantitative estimate of drug-likeness (QED) is 0.573. The third kappa shape index (κ3) is 2.87. The molecule has 0 aliphatic carbocycles. The summed E-state index contributed by atoms with van der Waals surface area (Å²) in [6, 6.07) is 0. The molecule has 0 N–H and O–H groups in total. The fourth-order valence-electron chi connectivity index (χ4n) is 1.75. The molecule has 1 heteroatoms. The highest BCUT2D eigenvalue weighted by atomic mass is 16.5. The predicted molar refractivity (Wildman–Crippen MR) is 50.8 cm³/mol. The van der Waals surface area contributed by atoms with Crippen molar-refractivity contribution >= 4 is 0 Å². The molecule has 1 atom stereocenters. The summed E-state index contributed by atoms with van der Waals surface area (Å²) in [7, 11) is 0. The van der Waals surface area contributed by atoms with Crippen molar-refractivity contribution in [2.24, 2.45) is 11.3 Å². The molecule has 1 saturated heterocycles. The molecule has 0 bridgehead atoms. The van der Waals surface area contributed by atoms with Gasteiger partial charge < -0.3 is 4.74 Å². The summed E-state index contributed by atoms with van der Waals surface area (Å²) >= 11 is 0. The molecular weight excluding hydrogens is 148 g/mol. The van der Waals surface area contributed by atoms with E-state index in [1.54, 1.807) is 0 Å². The lowest BCUT2D eigenvalue weighted by Crippen LogP contribution is -2.23. The zero-order chi connectivity index (χ0) is 9.03. The summed E-state index contributed by atoms with van der Waals surface area (Å²) < 4.78 is 5.40. The van der Waals surface area contributed by atoms with Gasteiger partial charge in [-0.3, -0.25) is 0 Å². The Balaban J connectivity index is 2.35. The number of hydrogen-bond acceptors (Lipinski definition) is 1. The number of ether oxygens (including phenoxy) is 1. The smallest absolute Gasteiger partial charge is 0.0494 e. The molecule has 0 radical (unpaired) electrons. The highest BCUT2D eigenvalue weighted by Gasteiger charge is 2.22. The van der Waals surface area contributed by atoms with Gasteiger partial charge in [0.25, 0.3) is 0 Å². The van der Waals surface area contributed by atoms with Crippen LogP contribution in [-0.4, -0.2) is 13.2 Å². The maximum atomic E-state index is 5.43. The van der Waals surface area contributed by atoms with Gasteiger partial charge in [0.1, 0.15) is 0 Å². The van der Waals surface area contributed by atoms with Gasteiger partial charge in [-0.1, -0.05) is 0 Å². The van der Waals surface area contributed by atoms with Gasteiger partial charge in [0.2, 0.25) is 0 Å². The van der Waals surface area contributed by atoms with Crippen molar-refractivity contribution < 1.29 is 4.74 Å². The van der Waals surface area contributed by atoms with Crippen molar-refractivity contribution in [3.63, 3.8) is 0 Å². The minimum absolute atomic E-state index is 0.0470. The Labute approximate surface area is 75.5 Å². The summed E-state index contributed by atoms with van der Waals surface area (Å²) in [4.78, 5) is 0. The Morgan fingerprint density at radius 2 is 2.33 bits per heavy atom. The van der Waals surface area contributed by atoms with Gasteiger partial charge in [-0.25, -0.2) is 0 Å². The predicted octanol–water partition coefficient (Wildman–Crippen LogP) is 2.46. The minimum atomic E-state index is 0.0470. The molecule has 1 fully saturated rings. The standard InChI is InChI=1S/C11H18O/c1-4-11(2,3)8-10-6-5-7-12-9-10/h1,10H,5-9H2,2-3H3. The van der Waals surface area contributed by atoms with Gasteiger partial charge in [-0.05, 0) is 39.0 Å². The molecule has 68 valence electrons. The van der Waals surface area contributed by atoms with Crippen LogP contribution < -0.4 is 0 Å². The van der Waals surface area contributed by atoms with Crippen LogP contribution >= 0.6 is 0 Å². The monoisotopic (exact) mass is 166 g/mol. The molecule has 0 spiro atoms. The zero-order valence-electron chi connectivity index (χ0n) is 8.10. The van der Waals surface area contributed by atoms with Crippen molar-refractivity contribution in [1.29, 1.82) is 0 Å². The molecule has 0 amide bonds. The van der Waals surface area contributed by atoms with Gasteiger partial charge >= 0.3 is 0 Å². The Hall–Kier alpha value is -0.480. The van der Waals surface area contributed by atoms with Crippen molar-refractivity contribution in [1.82, 2.24) is 0 Å². The van der Waals surface area contributed by atoms with E-state index < -0.39 is 0 Å². The maximum absolute atomic E-state index is 5.43.